The van der Waals surface area contributed by atoms with Gasteiger partial charge in [-0.15, -0.1) is 0 Å². The van der Waals surface area contributed by atoms with Crippen molar-refractivity contribution in [3.05, 3.63) is 23.9 Å². The van der Waals surface area contributed by atoms with Crippen LogP contribution in [-0.4, -0.2) is 53.2 Å². The summed E-state index contributed by atoms with van der Waals surface area (Å²) in [7, 11) is 0. The van der Waals surface area contributed by atoms with E-state index in [1.807, 2.05) is 0 Å². The lowest BCUT2D eigenvalue weighted by atomic mass is 9.83. The summed E-state index contributed by atoms with van der Waals surface area (Å²) in [4.78, 5) is 36.8. The maximum Gasteiger partial charge on any atom is 0.355 e. The molecular formula is C17H23NO6. The molecule has 0 radical (unpaired) electrons. The normalized spacial score (nSPS) is 23.5. The van der Waals surface area contributed by atoms with Crippen LogP contribution in [0.25, 0.3) is 0 Å². The minimum Gasteiger partial charge on any atom is -0.466 e. The Bertz CT molecular complexity index is 580. The molecule has 0 bridgehead atoms. The SMILES string of the molecule is C=CCOC(=O)C1=C(CCCOC(C)=O)C[C@@H]2[C@@H]([C@@H](C)O)C(=O)N12. The third-order valence-electron chi connectivity index (χ3n) is 4.27. The van der Waals surface area contributed by atoms with Crippen molar-refractivity contribution in [2.24, 2.45) is 5.92 Å². The first kappa shape index (κ1) is 18.2. The number of esters is 2. The maximum atomic E-state index is 12.3. The standard InChI is InChI=1S/C17H23NO6/c1-4-7-24-17(22)15-12(6-5-8-23-11(3)20)9-13-14(10(2)19)16(21)18(13)15/h4,10,13-14,19H,1,5-9H2,2-3H3/t10-,13-,14-/m1/s1. The molecule has 24 heavy (non-hydrogen) atoms. The molecule has 1 amide bonds. The Hall–Kier alpha value is -2.15. The molecular weight excluding hydrogens is 314 g/mol. The molecule has 3 atom stereocenters. The van der Waals surface area contributed by atoms with Gasteiger partial charge in [-0.25, -0.2) is 4.79 Å². The van der Waals surface area contributed by atoms with Crippen LogP contribution in [0.5, 0.6) is 0 Å². The predicted molar refractivity (Wildman–Crippen MR) is 84.5 cm³/mol. The Morgan fingerprint density at radius 1 is 1.46 bits per heavy atom. The van der Waals surface area contributed by atoms with E-state index in [0.717, 1.165) is 5.57 Å². The number of carbonyl (C=O) groups is 3. The average Bonchev–Trinajstić information content (AvgIpc) is 2.83. The van der Waals surface area contributed by atoms with Gasteiger partial charge in [0.2, 0.25) is 5.91 Å². The summed E-state index contributed by atoms with van der Waals surface area (Å²) in [5.74, 6) is -1.65. The zero-order chi connectivity index (χ0) is 17.9. The van der Waals surface area contributed by atoms with Crippen molar-refractivity contribution < 1.29 is 29.0 Å². The quantitative estimate of drug-likeness (QED) is 0.306. The number of hydrogen-bond acceptors (Lipinski definition) is 6. The van der Waals surface area contributed by atoms with Gasteiger partial charge in [0, 0.05) is 6.92 Å². The number of rotatable bonds is 8. The summed E-state index contributed by atoms with van der Waals surface area (Å²) in [6.07, 6.45) is 2.31. The maximum absolute atomic E-state index is 12.3. The Morgan fingerprint density at radius 3 is 2.75 bits per heavy atom. The smallest absolute Gasteiger partial charge is 0.355 e. The van der Waals surface area contributed by atoms with E-state index in [1.165, 1.54) is 17.9 Å². The van der Waals surface area contributed by atoms with Gasteiger partial charge in [-0.1, -0.05) is 12.7 Å². The number of hydrogen-bond donors (Lipinski definition) is 1. The molecule has 0 aromatic carbocycles. The number of ether oxygens (including phenoxy) is 2. The van der Waals surface area contributed by atoms with Crippen molar-refractivity contribution in [3.63, 3.8) is 0 Å². The van der Waals surface area contributed by atoms with Crippen LogP contribution in [0, 0.1) is 5.92 Å². The third-order valence-corrected chi connectivity index (χ3v) is 4.27. The van der Waals surface area contributed by atoms with Gasteiger partial charge in [-0.05, 0) is 31.8 Å². The fraction of sp³-hybridized carbons (Fsp3) is 0.588. The second-order valence-corrected chi connectivity index (χ2v) is 6.03. The van der Waals surface area contributed by atoms with Gasteiger partial charge >= 0.3 is 11.9 Å². The molecule has 2 aliphatic heterocycles. The van der Waals surface area contributed by atoms with Gasteiger partial charge in [0.25, 0.3) is 0 Å². The van der Waals surface area contributed by atoms with Crippen LogP contribution in [0.3, 0.4) is 0 Å². The molecule has 0 unspecified atom stereocenters. The third kappa shape index (κ3) is 3.51. The van der Waals surface area contributed by atoms with Gasteiger partial charge in [0.15, 0.2) is 0 Å². The van der Waals surface area contributed by atoms with Gasteiger partial charge < -0.3 is 19.5 Å². The lowest BCUT2D eigenvalue weighted by Gasteiger charge is -2.44. The summed E-state index contributed by atoms with van der Waals surface area (Å²) in [5, 5.41) is 9.76. The number of fused-ring (bicyclic) bond motifs is 1. The summed E-state index contributed by atoms with van der Waals surface area (Å²) < 4.78 is 9.99. The van der Waals surface area contributed by atoms with Crippen LogP contribution < -0.4 is 0 Å². The first-order valence-electron chi connectivity index (χ1n) is 8.03. The molecule has 2 rings (SSSR count). The van der Waals surface area contributed by atoms with Gasteiger partial charge in [0.1, 0.15) is 12.3 Å². The van der Waals surface area contributed by atoms with Gasteiger partial charge in [-0.3, -0.25) is 9.59 Å². The summed E-state index contributed by atoms with van der Waals surface area (Å²) in [5.41, 5.74) is 1.07. The Balaban J connectivity index is 2.11. The highest BCUT2D eigenvalue weighted by molar-refractivity contribution is 6.00. The summed E-state index contributed by atoms with van der Waals surface area (Å²) in [6, 6.07) is -0.201. The predicted octanol–water partition coefficient (Wildman–Crippen LogP) is 0.924. The van der Waals surface area contributed by atoms with Crippen molar-refractivity contribution >= 4 is 17.8 Å². The largest absolute Gasteiger partial charge is 0.466 e. The molecule has 132 valence electrons. The Labute approximate surface area is 140 Å². The summed E-state index contributed by atoms with van der Waals surface area (Å²) in [6.45, 7) is 6.74. The van der Waals surface area contributed by atoms with E-state index in [1.54, 1.807) is 6.92 Å². The zero-order valence-electron chi connectivity index (χ0n) is 14.0. The number of aliphatic hydroxyl groups is 1. The van der Waals surface area contributed by atoms with Crippen molar-refractivity contribution in [1.29, 1.82) is 0 Å². The number of aliphatic hydroxyl groups excluding tert-OH is 1. The molecule has 7 nitrogen and oxygen atoms in total. The van der Waals surface area contributed by atoms with Crippen molar-refractivity contribution in [2.45, 2.75) is 45.3 Å². The van der Waals surface area contributed by atoms with E-state index in [-0.39, 0.29) is 36.8 Å². The number of amides is 1. The van der Waals surface area contributed by atoms with Crippen LogP contribution >= 0.6 is 0 Å². The molecule has 1 saturated heterocycles. The monoisotopic (exact) mass is 337 g/mol. The van der Waals surface area contributed by atoms with Crippen LogP contribution in [0.4, 0.5) is 0 Å². The first-order chi connectivity index (χ1) is 11.4. The number of β-lactam (4-membered cyclic amide) rings is 1. The minimum absolute atomic E-state index is 0.0651. The zero-order valence-corrected chi connectivity index (χ0v) is 14.0. The minimum atomic E-state index is -0.760. The topological polar surface area (TPSA) is 93.1 Å². The van der Waals surface area contributed by atoms with E-state index >= 15 is 0 Å². The fourth-order valence-corrected chi connectivity index (χ4v) is 3.28. The van der Waals surface area contributed by atoms with E-state index in [0.29, 0.717) is 19.3 Å². The van der Waals surface area contributed by atoms with Gasteiger partial charge in [0.05, 0.1) is 24.7 Å². The molecule has 7 heteroatoms. The lowest BCUT2D eigenvalue weighted by Crippen LogP contribution is -2.61. The highest BCUT2D eigenvalue weighted by atomic mass is 16.5. The average molecular weight is 337 g/mol. The van der Waals surface area contributed by atoms with E-state index in [4.69, 9.17) is 9.47 Å². The Morgan fingerprint density at radius 2 is 2.17 bits per heavy atom. The molecule has 1 fully saturated rings. The highest BCUT2D eigenvalue weighted by Gasteiger charge is 2.56. The second kappa shape index (κ2) is 7.61. The molecule has 0 aromatic heterocycles. The van der Waals surface area contributed by atoms with Crippen LogP contribution in [-0.2, 0) is 23.9 Å². The molecule has 2 aliphatic rings. The van der Waals surface area contributed by atoms with Crippen molar-refractivity contribution in [1.82, 2.24) is 4.90 Å². The second-order valence-electron chi connectivity index (χ2n) is 6.03. The Kier molecular flexibility index (Phi) is 5.77. The lowest BCUT2D eigenvalue weighted by molar-refractivity contribution is -0.162. The highest BCUT2D eigenvalue weighted by Crippen LogP contribution is 2.45. The molecule has 2 heterocycles. The molecule has 0 saturated carbocycles. The van der Waals surface area contributed by atoms with Gasteiger partial charge in [-0.2, -0.15) is 0 Å². The summed E-state index contributed by atoms with van der Waals surface area (Å²) >= 11 is 0. The van der Waals surface area contributed by atoms with E-state index < -0.39 is 18.0 Å². The van der Waals surface area contributed by atoms with Crippen molar-refractivity contribution in [2.75, 3.05) is 13.2 Å². The van der Waals surface area contributed by atoms with Crippen LogP contribution in [0.1, 0.15) is 33.1 Å². The molecule has 1 N–H and O–H groups in total. The fourth-order valence-electron chi connectivity index (χ4n) is 3.28. The van der Waals surface area contributed by atoms with E-state index in [9.17, 15) is 19.5 Å². The number of carbonyl (C=O) groups excluding carboxylic acids is 3. The molecule has 0 aliphatic carbocycles. The molecule has 0 spiro atoms. The first-order valence-corrected chi connectivity index (χ1v) is 8.03. The number of nitrogens with zero attached hydrogens (tertiary/aromatic N) is 1. The van der Waals surface area contributed by atoms with E-state index in [2.05, 4.69) is 6.58 Å². The molecule has 0 aromatic rings. The van der Waals surface area contributed by atoms with Crippen molar-refractivity contribution in [3.8, 4) is 0 Å². The van der Waals surface area contributed by atoms with Crippen LogP contribution in [0.15, 0.2) is 23.9 Å². The van der Waals surface area contributed by atoms with Crippen LogP contribution in [0.2, 0.25) is 0 Å².